The Balaban J connectivity index is 2.55. The fourth-order valence-corrected chi connectivity index (χ4v) is 1.32. The molecule has 0 saturated carbocycles. The predicted octanol–water partition coefficient (Wildman–Crippen LogP) is 2.55. The highest BCUT2D eigenvalue weighted by molar-refractivity contribution is 9.10. The third kappa shape index (κ3) is 3.80. The van der Waals surface area contributed by atoms with Crippen LogP contribution in [0.5, 0.6) is 0 Å². The lowest BCUT2D eigenvalue weighted by Crippen LogP contribution is -2.34. The van der Waals surface area contributed by atoms with E-state index in [0.29, 0.717) is 5.92 Å². The number of rotatable bonds is 4. The van der Waals surface area contributed by atoms with Crippen molar-refractivity contribution in [2.24, 2.45) is 11.7 Å². The monoisotopic (exact) mass is 271 g/mol. The van der Waals surface area contributed by atoms with Crippen LogP contribution < -0.4 is 11.1 Å². The molecular weight excluding hydrogens is 254 g/mol. The van der Waals surface area contributed by atoms with Crippen LogP contribution in [0.15, 0.2) is 16.6 Å². The summed E-state index contributed by atoms with van der Waals surface area (Å²) in [7, 11) is 0. The van der Waals surface area contributed by atoms with Crippen LogP contribution in [0.3, 0.4) is 0 Å². The summed E-state index contributed by atoms with van der Waals surface area (Å²) in [6, 6.07) is 4.10. The number of hydrogen-bond acceptors (Lipinski definition) is 3. The van der Waals surface area contributed by atoms with Crippen LogP contribution in [0.1, 0.15) is 19.5 Å². The van der Waals surface area contributed by atoms with E-state index >= 15 is 0 Å². The average Bonchev–Trinajstić information content (AvgIpc) is 2.19. The Morgan fingerprint density at radius 2 is 2.13 bits per heavy atom. The number of halogens is 1. The molecule has 0 radical (unpaired) electrons. The van der Waals surface area contributed by atoms with Gasteiger partial charge in [-0.05, 0) is 40.9 Å². The summed E-state index contributed by atoms with van der Waals surface area (Å²) in [6.45, 7) is 6.96. The van der Waals surface area contributed by atoms with Crippen LogP contribution >= 0.6 is 15.9 Å². The minimum atomic E-state index is 0.163. The van der Waals surface area contributed by atoms with Crippen molar-refractivity contribution in [1.29, 1.82) is 0 Å². The van der Waals surface area contributed by atoms with Gasteiger partial charge in [0.1, 0.15) is 5.82 Å². The van der Waals surface area contributed by atoms with Gasteiger partial charge in [0.15, 0.2) is 0 Å². The highest BCUT2D eigenvalue weighted by Gasteiger charge is 2.07. The number of aryl methyl sites for hydroxylation is 1. The zero-order valence-electron chi connectivity index (χ0n) is 9.42. The number of anilines is 1. The molecule has 0 saturated heterocycles. The molecule has 1 heterocycles. The van der Waals surface area contributed by atoms with E-state index in [4.69, 9.17) is 5.73 Å². The van der Waals surface area contributed by atoms with Crippen molar-refractivity contribution < 1.29 is 0 Å². The maximum Gasteiger partial charge on any atom is 0.126 e. The molecule has 0 spiro atoms. The van der Waals surface area contributed by atoms with Gasteiger partial charge in [-0.25, -0.2) is 4.98 Å². The van der Waals surface area contributed by atoms with Crippen molar-refractivity contribution in [3.63, 3.8) is 0 Å². The molecule has 1 atom stereocenters. The molecule has 0 fully saturated rings. The highest BCUT2D eigenvalue weighted by Crippen LogP contribution is 2.16. The summed E-state index contributed by atoms with van der Waals surface area (Å²) in [5.41, 5.74) is 6.92. The van der Waals surface area contributed by atoms with Gasteiger partial charge in [0.2, 0.25) is 0 Å². The SMILES string of the molecule is Cc1nc(NCC(N)C(C)C)ccc1Br. The van der Waals surface area contributed by atoms with E-state index in [1.807, 2.05) is 19.1 Å². The standard InChI is InChI=1S/C11H18BrN3/c1-7(2)10(13)6-14-11-5-4-9(12)8(3)15-11/h4-5,7,10H,6,13H2,1-3H3,(H,14,15). The van der Waals surface area contributed by atoms with Gasteiger partial charge in [-0.1, -0.05) is 13.8 Å². The summed E-state index contributed by atoms with van der Waals surface area (Å²) in [5.74, 6) is 1.36. The quantitative estimate of drug-likeness (QED) is 0.885. The van der Waals surface area contributed by atoms with E-state index in [9.17, 15) is 0 Å². The molecule has 84 valence electrons. The first kappa shape index (κ1) is 12.5. The fraction of sp³-hybridized carbons (Fsp3) is 0.545. The van der Waals surface area contributed by atoms with E-state index in [1.54, 1.807) is 0 Å². The molecule has 0 amide bonds. The summed E-state index contributed by atoms with van der Waals surface area (Å²) >= 11 is 3.42. The summed E-state index contributed by atoms with van der Waals surface area (Å²) in [5, 5.41) is 3.24. The molecule has 3 nitrogen and oxygen atoms in total. The minimum Gasteiger partial charge on any atom is -0.368 e. The van der Waals surface area contributed by atoms with Crippen molar-refractivity contribution in [2.45, 2.75) is 26.8 Å². The molecule has 1 aromatic rings. The lowest BCUT2D eigenvalue weighted by Gasteiger charge is -2.16. The molecule has 1 unspecified atom stereocenters. The van der Waals surface area contributed by atoms with Crippen molar-refractivity contribution in [3.05, 3.63) is 22.3 Å². The average molecular weight is 272 g/mol. The first-order chi connectivity index (χ1) is 7.00. The molecule has 0 aromatic carbocycles. The number of nitrogens with zero attached hydrogens (tertiary/aromatic N) is 1. The van der Waals surface area contributed by atoms with Gasteiger partial charge in [-0.15, -0.1) is 0 Å². The molecule has 0 aliphatic rings. The largest absolute Gasteiger partial charge is 0.368 e. The molecule has 0 aliphatic heterocycles. The van der Waals surface area contributed by atoms with Crippen molar-refractivity contribution in [1.82, 2.24) is 4.98 Å². The van der Waals surface area contributed by atoms with E-state index in [2.05, 4.69) is 40.1 Å². The van der Waals surface area contributed by atoms with Crippen LogP contribution in [-0.4, -0.2) is 17.6 Å². The van der Waals surface area contributed by atoms with E-state index in [-0.39, 0.29) is 6.04 Å². The normalized spacial score (nSPS) is 12.9. The molecule has 3 N–H and O–H groups in total. The zero-order valence-corrected chi connectivity index (χ0v) is 11.0. The Labute approximate surface area is 99.6 Å². The molecule has 4 heteroatoms. The molecule has 1 aromatic heterocycles. The molecule has 15 heavy (non-hydrogen) atoms. The van der Waals surface area contributed by atoms with Crippen LogP contribution in [0.2, 0.25) is 0 Å². The second-order valence-corrected chi connectivity index (χ2v) is 4.91. The van der Waals surface area contributed by atoms with Gasteiger partial charge in [0.05, 0.1) is 5.69 Å². The zero-order chi connectivity index (χ0) is 11.4. The number of aromatic nitrogens is 1. The van der Waals surface area contributed by atoms with Gasteiger partial charge in [-0.2, -0.15) is 0 Å². The Hall–Kier alpha value is -0.610. The molecular formula is C11H18BrN3. The summed E-state index contributed by atoms with van der Waals surface area (Å²) in [6.07, 6.45) is 0. The fourth-order valence-electron chi connectivity index (χ4n) is 1.10. The summed E-state index contributed by atoms with van der Waals surface area (Å²) in [4.78, 5) is 4.39. The van der Waals surface area contributed by atoms with Gasteiger partial charge in [0.25, 0.3) is 0 Å². The Bertz CT molecular complexity index is 326. The predicted molar refractivity (Wildman–Crippen MR) is 68.0 cm³/mol. The second-order valence-electron chi connectivity index (χ2n) is 4.05. The third-order valence-corrected chi connectivity index (χ3v) is 3.23. The van der Waals surface area contributed by atoms with E-state index in [0.717, 1.165) is 22.5 Å². The van der Waals surface area contributed by atoms with Gasteiger partial charge in [0, 0.05) is 17.1 Å². The Morgan fingerprint density at radius 3 is 2.67 bits per heavy atom. The molecule has 0 bridgehead atoms. The number of pyridine rings is 1. The van der Waals surface area contributed by atoms with Gasteiger partial charge in [-0.3, -0.25) is 0 Å². The molecule has 1 rings (SSSR count). The third-order valence-electron chi connectivity index (χ3n) is 2.40. The number of nitrogens with two attached hydrogens (primary N) is 1. The maximum atomic E-state index is 5.93. The second kappa shape index (κ2) is 5.47. The van der Waals surface area contributed by atoms with Crippen molar-refractivity contribution in [3.8, 4) is 0 Å². The van der Waals surface area contributed by atoms with E-state index in [1.165, 1.54) is 0 Å². The van der Waals surface area contributed by atoms with Crippen LogP contribution in [-0.2, 0) is 0 Å². The van der Waals surface area contributed by atoms with Crippen LogP contribution in [0, 0.1) is 12.8 Å². The summed E-state index contributed by atoms with van der Waals surface area (Å²) < 4.78 is 1.03. The first-order valence-corrected chi connectivity index (χ1v) is 5.92. The van der Waals surface area contributed by atoms with E-state index < -0.39 is 0 Å². The minimum absolute atomic E-state index is 0.163. The maximum absolute atomic E-state index is 5.93. The van der Waals surface area contributed by atoms with Crippen LogP contribution in [0.25, 0.3) is 0 Å². The highest BCUT2D eigenvalue weighted by atomic mass is 79.9. The topological polar surface area (TPSA) is 50.9 Å². The first-order valence-electron chi connectivity index (χ1n) is 5.13. The van der Waals surface area contributed by atoms with Crippen molar-refractivity contribution in [2.75, 3.05) is 11.9 Å². The number of nitrogens with one attached hydrogen (secondary N) is 1. The lowest BCUT2D eigenvalue weighted by atomic mass is 10.1. The van der Waals surface area contributed by atoms with Gasteiger partial charge >= 0.3 is 0 Å². The Kier molecular flexibility index (Phi) is 4.54. The number of hydrogen-bond donors (Lipinski definition) is 2. The smallest absolute Gasteiger partial charge is 0.126 e. The Morgan fingerprint density at radius 1 is 1.47 bits per heavy atom. The lowest BCUT2D eigenvalue weighted by molar-refractivity contribution is 0.511. The van der Waals surface area contributed by atoms with Crippen molar-refractivity contribution >= 4 is 21.7 Å². The van der Waals surface area contributed by atoms with Gasteiger partial charge < -0.3 is 11.1 Å². The van der Waals surface area contributed by atoms with Crippen LogP contribution in [0.4, 0.5) is 5.82 Å². The molecule has 0 aliphatic carbocycles.